The second-order valence-corrected chi connectivity index (χ2v) is 8.07. The first-order valence-corrected chi connectivity index (χ1v) is 9.99. The highest BCUT2D eigenvalue weighted by Crippen LogP contribution is 2.36. The van der Waals surface area contributed by atoms with Gasteiger partial charge in [0.15, 0.2) is 0 Å². The summed E-state index contributed by atoms with van der Waals surface area (Å²) in [6.07, 6.45) is 1.58. The molecule has 2 amide bonds. The summed E-state index contributed by atoms with van der Waals surface area (Å²) >= 11 is 0. The molecule has 0 radical (unpaired) electrons. The third kappa shape index (κ3) is 5.22. The summed E-state index contributed by atoms with van der Waals surface area (Å²) in [6.45, 7) is 2.10. The second-order valence-electron chi connectivity index (χ2n) is 8.07. The van der Waals surface area contributed by atoms with Crippen LogP contribution in [0.3, 0.4) is 0 Å². The Morgan fingerprint density at radius 3 is 2.03 bits per heavy atom. The third-order valence-electron chi connectivity index (χ3n) is 5.49. The summed E-state index contributed by atoms with van der Waals surface area (Å²) < 4.78 is 0. The van der Waals surface area contributed by atoms with Gasteiger partial charge in [-0.15, -0.1) is 0 Å². The van der Waals surface area contributed by atoms with Crippen LogP contribution in [0.15, 0.2) is 54.6 Å². The molecule has 0 aliphatic carbocycles. The molecule has 154 valence electrons. The molecule has 0 bridgehead atoms. The first-order valence-electron chi connectivity index (χ1n) is 9.99. The van der Waals surface area contributed by atoms with Crippen molar-refractivity contribution >= 4 is 23.2 Å². The van der Waals surface area contributed by atoms with E-state index in [1.807, 2.05) is 73.6 Å². The van der Waals surface area contributed by atoms with Gasteiger partial charge < -0.3 is 20.4 Å². The zero-order valence-corrected chi connectivity index (χ0v) is 17.4. The van der Waals surface area contributed by atoms with Crippen LogP contribution in [0.25, 0.3) is 0 Å². The number of likely N-dealkylation sites (tertiary alicyclic amines) is 1. The fourth-order valence-electron chi connectivity index (χ4n) is 3.78. The van der Waals surface area contributed by atoms with Crippen molar-refractivity contribution in [2.45, 2.75) is 18.3 Å². The molecule has 0 unspecified atom stereocenters. The molecule has 0 saturated carbocycles. The number of piperidine rings is 1. The van der Waals surface area contributed by atoms with Crippen LogP contribution in [0.4, 0.5) is 11.4 Å². The van der Waals surface area contributed by atoms with Crippen LogP contribution < -0.4 is 10.6 Å². The van der Waals surface area contributed by atoms with Gasteiger partial charge in [-0.1, -0.05) is 30.3 Å². The fraction of sp³-hybridized carbons (Fsp3) is 0.391. The molecule has 2 aromatic rings. The molecule has 1 aliphatic rings. The molecular formula is C23H30N4O2. The molecule has 0 atom stereocenters. The van der Waals surface area contributed by atoms with Crippen molar-refractivity contribution in [1.82, 2.24) is 9.80 Å². The lowest BCUT2D eigenvalue weighted by Crippen LogP contribution is -2.48. The number of amides is 2. The zero-order chi connectivity index (χ0) is 20.9. The van der Waals surface area contributed by atoms with Crippen molar-refractivity contribution in [1.29, 1.82) is 0 Å². The number of benzene rings is 2. The zero-order valence-electron chi connectivity index (χ0n) is 17.4. The van der Waals surface area contributed by atoms with Crippen LogP contribution in [0.1, 0.15) is 18.4 Å². The number of hydrogen-bond donors (Lipinski definition) is 2. The van der Waals surface area contributed by atoms with Gasteiger partial charge in [0.1, 0.15) is 0 Å². The third-order valence-corrected chi connectivity index (χ3v) is 5.49. The van der Waals surface area contributed by atoms with Crippen molar-refractivity contribution < 1.29 is 9.59 Å². The Balaban J connectivity index is 1.72. The van der Waals surface area contributed by atoms with Crippen molar-refractivity contribution in [3.63, 3.8) is 0 Å². The lowest BCUT2D eigenvalue weighted by atomic mass is 9.72. The largest absolute Gasteiger partial charge is 0.325 e. The lowest BCUT2D eigenvalue weighted by Gasteiger charge is -2.39. The molecule has 6 heteroatoms. The lowest BCUT2D eigenvalue weighted by molar-refractivity contribution is -0.123. The highest BCUT2D eigenvalue weighted by Gasteiger charge is 2.42. The molecule has 0 spiro atoms. The Bertz CT molecular complexity index is 826. The molecule has 3 rings (SSSR count). The van der Waals surface area contributed by atoms with Crippen LogP contribution in [0, 0.1) is 0 Å². The van der Waals surface area contributed by atoms with Gasteiger partial charge in [-0.3, -0.25) is 9.59 Å². The second kappa shape index (κ2) is 9.20. The number of likely N-dealkylation sites (N-methyl/N-ethyl adjacent to an activating group) is 1. The standard InChI is InChI=1S/C23H30N4O2/c1-26(2)17-21(28)24-19-9-11-20(12-10-19)25-22(29)23(13-15-27(3)16-14-23)18-7-5-4-6-8-18/h4-12H,13-17H2,1-3H3,(H,24,28)(H,25,29). The Morgan fingerprint density at radius 2 is 1.48 bits per heavy atom. The van der Waals surface area contributed by atoms with E-state index >= 15 is 0 Å². The highest BCUT2D eigenvalue weighted by atomic mass is 16.2. The van der Waals surface area contributed by atoms with E-state index in [2.05, 4.69) is 22.6 Å². The molecule has 2 N–H and O–H groups in total. The van der Waals surface area contributed by atoms with E-state index in [-0.39, 0.29) is 11.8 Å². The average molecular weight is 395 g/mol. The summed E-state index contributed by atoms with van der Waals surface area (Å²) in [7, 11) is 5.80. The molecule has 1 saturated heterocycles. The molecule has 1 fully saturated rings. The van der Waals surface area contributed by atoms with Gasteiger partial charge >= 0.3 is 0 Å². The number of rotatable bonds is 6. The minimum absolute atomic E-state index is 0.0289. The maximum atomic E-state index is 13.4. The minimum Gasteiger partial charge on any atom is -0.325 e. The predicted molar refractivity (Wildman–Crippen MR) is 117 cm³/mol. The predicted octanol–water partition coefficient (Wildman–Crippen LogP) is 2.79. The van der Waals surface area contributed by atoms with Gasteiger partial charge in [-0.25, -0.2) is 0 Å². The van der Waals surface area contributed by atoms with E-state index in [4.69, 9.17) is 0 Å². The molecule has 29 heavy (non-hydrogen) atoms. The van der Waals surface area contributed by atoms with E-state index in [0.717, 1.165) is 37.2 Å². The molecule has 6 nitrogen and oxygen atoms in total. The van der Waals surface area contributed by atoms with Gasteiger partial charge in [-0.05, 0) is 76.9 Å². The maximum Gasteiger partial charge on any atom is 0.238 e. The van der Waals surface area contributed by atoms with Gasteiger partial charge in [0.2, 0.25) is 11.8 Å². The van der Waals surface area contributed by atoms with Crippen LogP contribution in [-0.2, 0) is 15.0 Å². The Morgan fingerprint density at radius 1 is 0.931 bits per heavy atom. The van der Waals surface area contributed by atoms with Crippen LogP contribution in [0.5, 0.6) is 0 Å². The SMILES string of the molecule is CN(C)CC(=O)Nc1ccc(NC(=O)C2(c3ccccc3)CCN(C)CC2)cc1. The summed E-state index contributed by atoms with van der Waals surface area (Å²) in [4.78, 5) is 29.3. The Hall–Kier alpha value is -2.70. The fourth-order valence-corrected chi connectivity index (χ4v) is 3.78. The number of anilines is 2. The quantitative estimate of drug-likeness (QED) is 0.791. The summed E-state index contributed by atoms with van der Waals surface area (Å²) in [5.41, 5.74) is 1.99. The topological polar surface area (TPSA) is 64.7 Å². The summed E-state index contributed by atoms with van der Waals surface area (Å²) in [6, 6.07) is 17.4. The van der Waals surface area contributed by atoms with Gasteiger partial charge in [-0.2, -0.15) is 0 Å². The molecule has 0 aromatic heterocycles. The van der Waals surface area contributed by atoms with Gasteiger partial charge in [0.25, 0.3) is 0 Å². The Labute approximate surface area is 172 Å². The van der Waals surface area contributed by atoms with Crippen LogP contribution in [-0.4, -0.2) is 62.4 Å². The van der Waals surface area contributed by atoms with Crippen molar-refractivity contribution in [3.05, 3.63) is 60.2 Å². The maximum absolute atomic E-state index is 13.4. The van der Waals surface area contributed by atoms with Crippen molar-refractivity contribution in [2.24, 2.45) is 0 Å². The van der Waals surface area contributed by atoms with Crippen LogP contribution >= 0.6 is 0 Å². The molecule has 1 aliphatic heterocycles. The number of nitrogens with zero attached hydrogens (tertiary/aromatic N) is 2. The Kier molecular flexibility index (Phi) is 6.67. The van der Waals surface area contributed by atoms with Crippen LogP contribution in [0.2, 0.25) is 0 Å². The average Bonchev–Trinajstić information content (AvgIpc) is 2.70. The first-order chi connectivity index (χ1) is 13.9. The molecule has 1 heterocycles. The monoisotopic (exact) mass is 394 g/mol. The van der Waals surface area contributed by atoms with E-state index in [9.17, 15) is 9.59 Å². The van der Waals surface area contributed by atoms with E-state index in [1.54, 1.807) is 0 Å². The normalized spacial score (nSPS) is 16.4. The number of nitrogens with one attached hydrogen (secondary N) is 2. The minimum atomic E-state index is -0.521. The highest BCUT2D eigenvalue weighted by molar-refractivity contribution is 5.99. The van der Waals surface area contributed by atoms with Crippen molar-refractivity contribution in [3.8, 4) is 0 Å². The first kappa shape index (κ1) is 21.0. The number of carbonyl (C=O) groups excluding carboxylic acids is 2. The summed E-state index contributed by atoms with van der Waals surface area (Å²) in [5.74, 6) is -0.0395. The van der Waals surface area contributed by atoms with E-state index in [1.165, 1.54) is 0 Å². The number of carbonyl (C=O) groups is 2. The van der Waals surface area contributed by atoms with Gasteiger partial charge in [0, 0.05) is 11.4 Å². The molecular weight excluding hydrogens is 364 g/mol. The van der Waals surface area contributed by atoms with Crippen molar-refractivity contribution in [2.75, 3.05) is 51.4 Å². The number of hydrogen-bond acceptors (Lipinski definition) is 4. The van der Waals surface area contributed by atoms with E-state index < -0.39 is 5.41 Å². The smallest absolute Gasteiger partial charge is 0.238 e. The molecule has 2 aromatic carbocycles. The summed E-state index contributed by atoms with van der Waals surface area (Å²) in [5, 5.41) is 5.96. The van der Waals surface area contributed by atoms with E-state index in [0.29, 0.717) is 12.2 Å². The van der Waals surface area contributed by atoms with Gasteiger partial charge in [0.05, 0.1) is 12.0 Å².